The van der Waals surface area contributed by atoms with Gasteiger partial charge in [0.05, 0.1) is 0 Å². The molecule has 0 radical (unpaired) electrons. The molecule has 1 aliphatic rings. The van der Waals surface area contributed by atoms with Crippen LogP contribution in [0.25, 0.3) is 0 Å². The van der Waals surface area contributed by atoms with Crippen molar-refractivity contribution in [1.29, 1.82) is 0 Å². The highest BCUT2D eigenvalue weighted by atomic mass is 16.6. The van der Waals surface area contributed by atoms with Crippen molar-refractivity contribution >= 4 is 6.09 Å². The van der Waals surface area contributed by atoms with Gasteiger partial charge in [0.1, 0.15) is 6.61 Å². The number of amides is 1. The van der Waals surface area contributed by atoms with E-state index in [0.29, 0.717) is 6.04 Å². The zero-order valence-electron chi connectivity index (χ0n) is 9.82. The van der Waals surface area contributed by atoms with Gasteiger partial charge in [-0.3, -0.25) is 0 Å². The smallest absolute Gasteiger partial charge is 0.410 e. The molecule has 0 saturated carbocycles. The van der Waals surface area contributed by atoms with Crippen LogP contribution in [0.15, 0.2) is 37.0 Å². The molecule has 1 amide bonds. The van der Waals surface area contributed by atoms with E-state index in [1.807, 2.05) is 6.92 Å². The van der Waals surface area contributed by atoms with Gasteiger partial charge in [-0.05, 0) is 25.3 Å². The van der Waals surface area contributed by atoms with E-state index in [2.05, 4.69) is 13.2 Å². The summed E-state index contributed by atoms with van der Waals surface area (Å²) < 4.78 is 5.20. The number of carbonyl (C=O) groups is 1. The topological polar surface area (TPSA) is 29.5 Å². The van der Waals surface area contributed by atoms with Crippen molar-refractivity contribution in [3.8, 4) is 0 Å². The second-order valence-corrected chi connectivity index (χ2v) is 3.92. The van der Waals surface area contributed by atoms with Gasteiger partial charge in [-0.15, -0.1) is 0 Å². The second-order valence-electron chi connectivity index (χ2n) is 3.92. The Morgan fingerprint density at radius 1 is 1.56 bits per heavy atom. The van der Waals surface area contributed by atoms with E-state index in [4.69, 9.17) is 4.74 Å². The molecule has 1 atom stereocenters. The first-order valence-electron chi connectivity index (χ1n) is 5.56. The Morgan fingerprint density at radius 3 is 2.81 bits per heavy atom. The summed E-state index contributed by atoms with van der Waals surface area (Å²) in [7, 11) is 0. The Balaban J connectivity index is 2.42. The minimum Gasteiger partial charge on any atom is -0.445 e. The van der Waals surface area contributed by atoms with Crippen LogP contribution in [0.4, 0.5) is 4.79 Å². The van der Waals surface area contributed by atoms with Crippen LogP contribution in [-0.2, 0) is 4.74 Å². The van der Waals surface area contributed by atoms with Crippen molar-refractivity contribution in [2.45, 2.75) is 25.8 Å². The van der Waals surface area contributed by atoms with E-state index in [-0.39, 0.29) is 12.7 Å². The first kappa shape index (κ1) is 12.6. The predicted octanol–water partition coefficient (Wildman–Crippen LogP) is 2.91. The molecule has 0 aromatic rings. The first-order chi connectivity index (χ1) is 7.69. The van der Waals surface area contributed by atoms with E-state index in [1.165, 1.54) is 0 Å². The molecule has 16 heavy (non-hydrogen) atoms. The summed E-state index contributed by atoms with van der Waals surface area (Å²) in [5.41, 5.74) is 0.857. The van der Waals surface area contributed by atoms with Gasteiger partial charge in [0, 0.05) is 12.6 Å². The van der Waals surface area contributed by atoms with Gasteiger partial charge < -0.3 is 9.64 Å². The molecular weight excluding hydrogens is 202 g/mol. The van der Waals surface area contributed by atoms with Crippen LogP contribution in [0, 0.1) is 0 Å². The largest absolute Gasteiger partial charge is 0.445 e. The average Bonchev–Trinajstić information content (AvgIpc) is 2.70. The van der Waals surface area contributed by atoms with Crippen LogP contribution in [-0.4, -0.2) is 30.2 Å². The van der Waals surface area contributed by atoms with Gasteiger partial charge in [-0.2, -0.15) is 0 Å². The zero-order valence-corrected chi connectivity index (χ0v) is 9.82. The van der Waals surface area contributed by atoms with Crippen LogP contribution in [0.2, 0.25) is 0 Å². The summed E-state index contributed by atoms with van der Waals surface area (Å²) in [6.07, 6.45) is 7.00. The van der Waals surface area contributed by atoms with Crippen molar-refractivity contribution in [3.05, 3.63) is 37.0 Å². The number of likely N-dealkylation sites (tertiary alicyclic amines) is 1. The highest BCUT2D eigenvalue weighted by molar-refractivity contribution is 5.68. The van der Waals surface area contributed by atoms with E-state index >= 15 is 0 Å². The number of carbonyl (C=O) groups excluding carboxylic acids is 1. The lowest BCUT2D eigenvalue weighted by Gasteiger charge is -2.20. The Bertz CT molecular complexity index is 307. The molecule has 1 fully saturated rings. The molecule has 0 unspecified atom stereocenters. The molecule has 0 N–H and O–H groups in total. The van der Waals surface area contributed by atoms with Gasteiger partial charge in [-0.25, -0.2) is 4.79 Å². The minimum atomic E-state index is -0.234. The Morgan fingerprint density at radius 2 is 2.31 bits per heavy atom. The highest BCUT2D eigenvalue weighted by Gasteiger charge is 2.26. The fraction of sp³-hybridized carbons (Fsp3) is 0.462. The molecule has 1 rings (SSSR count). The van der Waals surface area contributed by atoms with Crippen LogP contribution in [0.1, 0.15) is 19.8 Å². The molecule has 0 aliphatic carbocycles. The molecule has 0 aromatic carbocycles. The third-order valence-corrected chi connectivity index (χ3v) is 2.74. The number of ether oxygens (including phenoxy) is 1. The minimum absolute atomic E-state index is 0.234. The summed E-state index contributed by atoms with van der Waals surface area (Å²) in [6.45, 7) is 10.3. The fourth-order valence-electron chi connectivity index (χ4n) is 1.76. The van der Waals surface area contributed by atoms with Crippen LogP contribution in [0.3, 0.4) is 0 Å². The van der Waals surface area contributed by atoms with Crippen LogP contribution < -0.4 is 0 Å². The Hall–Kier alpha value is -1.51. The Kier molecular flexibility index (Phi) is 4.83. The lowest BCUT2D eigenvalue weighted by Crippen LogP contribution is -2.34. The van der Waals surface area contributed by atoms with Crippen molar-refractivity contribution in [3.63, 3.8) is 0 Å². The molecule has 1 heterocycles. The van der Waals surface area contributed by atoms with Gasteiger partial charge in [0.25, 0.3) is 0 Å². The second kappa shape index (κ2) is 6.16. The molecule has 3 heteroatoms. The maximum atomic E-state index is 11.7. The molecule has 0 spiro atoms. The normalized spacial score (nSPS) is 20.7. The molecule has 3 nitrogen and oxygen atoms in total. The Labute approximate surface area is 97.1 Å². The number of allylic oxidation sites excluding steroid dienone is 2. The first-order valence-corrected chi connectivity index (χ1v) is 5.56. The lowest BCUT2D eigenvalue weighted by atomic mass is 10.2. The van der Waals surface area contributed by atoms with Gasteiger partial charge in [-0.1, -0.05) is 31.4 Å². The van der Waals surface area contributed by atoms with E-state index in [1.54, 1.807) is 23.1 Å². The predicted molar refractivity (Wildman–Crippen MR) is 65.2 cm³/mol. The summed E-state index contributed by atoms with van der Waals surface area (Å²) >= 11 is 0. The lowest BCUT2D eigenvalue weighted by molar-refractivity contribution is 0.109. The van der Waals surface area contributed by atoms with E-state index < -0.39 is 0 Å². The van der Waals surface area contributed by atoms with Crippen molar-refractivity contribution in [2.75, 3.05) is 13.2 Å². The maximum Gasteiger partial charge on any atom is 0.410 e. The monoisotopic (exact) mass is 221 g/mol. The van der Waals surface area contributed by atoms with Gasteiger partial charge in [0.15, 0.2) is 0 Å². The summed E-state index contributed by atoms with van der Waals surface area (Å²) in [4.78, 5) is 13.5. The average molecular weight is 221 g/mol. The number of hydrogen-bond donors (Lipinski definition) is 0. The number of rotatable bonds is 4. The van der Waals surface area contributed by atoms with E-state index in [0.717, 1.165) is 25.0 Å². The standard InChI is InChI=1S/C13H19NO2/c1-4-7-12(5-2)10-16-13(15)14-9-6-8-11(14)3/h4-5,7,11H,1-2,6,8-10H2,3H3/b12-7+/t11-/m1/s1. The van der Waals surface area contributed by atoms with Crippen LogP contribution in [0.5, 0.6) is 0 Å². The van der Waals surface area contributed by atoms with Gasteiger partial charge >= 0.3 is 6.09 Å². The summed E-state index contributed by atoms with van der Waals surface area (Å²) in [5.74, 6) is 0. The number of nitrogens with zero attached hydrogens (tertiary/aromatic N) is 1. The van der Waals surface area contributed by atoms with E-state index in [9.17, 15) is 4.79 Å². The van der Waals surface area contributed by atoms with Gasteiger partial charge in [0.2, 0.25) is 0 Å². The summed E-state index contributed by atoms with van der Waals surface area (Å²) in [5, 5.41) is 0. The quantitative estimate of drug-likeness (QED) is 0.683. The molecule has 1 aliphatic heterocycles. The van der Waals surface area contributed by atoms with Crippen molar-refractivity contribution in [1.82, 2.24) is 4.90 Å². The summed E-state index contributed by atoms with van der Waals surface area (Å²) in [6, 6.07) is 0.295. The molecule has 0 bridgehead atoms. The van der Waals surface area contributed by atoms with Crippen molar-refractivity contribution < 1.29 is 9.53 Å². The molecular formula is C13H19NO2. The van der Waals surface area contributed by atoms with Crippen molar-refractivity contribution in [2.24, 2.45) is 0 Å². The fourth-order valence-corrected chi connectivity index (χ4v) is 1.76. The number of hydrogen-bond acceptors (Lipinski definition) is 2. The molecule has 88 valence electrons. The zero-order chi connectivity index (χ0) is 12.0. The van der Waals surface area contributed by atoms with Crippen LogP contribution >= 0.6 is 0 Å². The maximum absolute atomic E-state index is 11.7. The SMILES string of the molecule is C=C/C=C(\C=C)COC(=O)N1CCC[C@H]1C. The third-order valence-electron chi connectivity index (χ3n) is 2.74. The molecule has 0 aromatic heterocycles. The molecule has 1 saturated heterocycles. The third kappa shape index (κ3) is 3.26. The highest BCUT2D eigenvalue weighted by Crippen LogP contribution is 2.17.